The fourth-order valence-corrected chi connectivity index (χ4v) is 1.55. The van der Waals surface area contributed by atoms with Crippen LogP contribution in [0.25, 0.3) is 10.9 Å². The number of carboxylic acids is 1. The summed E-state index contributed by atoms with van der Waals surface area (Å²) in [5, 5.41) is 9.85. The predicted octanol–water partition coefficient (Wildman–Crippen LogP) is 2.28. The SMILES string of the molecule is C=C(Cn1ccc2ccccc21)C(=O)O. The molecule has 1 aromatic carbocycles. The molecule has 0 atom stereocenters. The minimum atomic E-state index is -0.951. The van der Waals surface area contributed by atoms with Crippen LogP contribution < -0.4 is 0 Å². The fourth-order valence-electron chi connectivity index (χ4n) is 1.55. The van der Waals surface area contributed by atoms with Crippen LogP contribution in [0.1, 0.15) is 0 Å². The first-order chi connectivity index (χ1) is 7.18. The van der Waals surface area contributed by atoms with Crippen molar-refractivity contribution in [1.82, 2.24) is 4.57 Å². The smallest absolute Gasteiger partial charge is 0.332 e. The van der Waals surface area contributed by atoms with Crippen molar-refractivity contribution >= 4 is 16.9 Å². The van der Waals surface area contributed by atoms with E-state index in [0.29, 0.717) is 6.54 Å². The summed E-state index contributed by atoms with van der Waals surface area (Å²) in [6.45, 7) is 3.84. The maximum Gasteiger partial charge on any atom is 0.332 e. The van der Waals surface area contributed by atoms with Crippen LogP contribution in [0.5, 0.6) is 0 Å². The van der Waals surface area contributed by atoms with E-state index in [1.807, 2.05) is 41.1 Å². The van der Waals surface area contributed by atoms with Crippen molar-refractivity contribution in [2.24, 2.45) is 0 Å². The molecule has 1 aromatic heterocycles. The zero-order valence-electron chi connectivity index (χ0n) is 8.18. The van der Waals surface area contributed by atoms with E-state index in [2.05, 4.69) is 6.58 Å². The average Bonchev–Trinajstić information content (AvgIpc) is 2.62. The number of hydrogen-bond donors (Lipinski definition) is 1. The van der Waals surface area contributed by atoms with Crippen molar-refractivity contribution < 1.29 is 9.90 Å². The molecular weight excluding hydrogens is 190 g/mol. The zero-order chi connectivity index (χ0) is 10.8. The Balaban J connectivity index is 2.37. The molecule has 0 saturated heterocycles. The van der Waals surface area contributed by atoms with Gasteiger partial charge in [-0.15, -0.1) is 0 Å². The number of carboxylic acid groups (broad SMARTS) is 1. The summed E-state index contributed by atoms with van der Waals surface area (Å²) in [7, 11) is 0. The maximum absolute atomic E-state index is 10.6. The van der Waals surface area contributed by atoms with Crippen molar-refractivity contribution in [1.29, 1.82) is 0 Å². The van der Waals surface area contributed by atoms with Crippen LogP contribution in [-0.2, 0) is 11.3 Å². The molecule has 0 aliphatic rings. The Labute approximate surface area is 87.3 Å². The molecule has 2 aromatic rings. The summed E-state index contributed by atoms with van der Waals surface area (Å²) < 4.78 is 1.88. The molecule has 0 radical (unpaired) electrons. The molecule has 15 heavy (non-hydrogen) atoms. The quantitative estimate of drug-likeness (QED) is 0.774. The molecule has 0 aliphatic carbocycles. The van der Waals surface area contributed by atoms with Gasteiger partial charge >= 0.3 is 5.97 Å². The van der Waals surface area contributed by atoms with Crippen LogP contribution in [0.2, 0.25) is 0 Å². The van der Waals surface area contributed by atoms with Crippen LogP contribution in [0.3, 0.4) is 0 Å². The third-order valence-electron chi connectivity index (χ3n) is 2.34. The van der Waals surface area contributed by atoms with Crippen molar-refractivity contribution in [2.45, 2.75) is 6.54 Å². The number of aromatic nitrogens is 1. The highest BCUT2D eigenvalue weighted by atomic mass is 16.4. The summed E-state index contributed by atoms with van der Waals surface area (Å²) in [5.41, 5.74) is 1.22. The number of carbonyl (C=O) groups is 1. The van der Waals surface area contributed by atoms with Gasteiger partial charge < -0.3 is 9.67 Å². The first-order valence-electron chi connectivity index (χ1n) is 4.63. The van der Waals surface area contributed by atoms with Crippen molar-refractivity contribution in [3.8, 4) is 0 Å². The Morgan fingerprint density at radius 2 is 2.07 bits per heavy atom. The highest BCUT2D eigenvalue weighted by Crippen LogP contribution is 2.16. The van der Waals surface area contributed by atoms with Gasteiger partial charge in [0, 0.05) is 17.3 Å². The molecule has 3 nitrogen and oxygen atoms in total. The minimum Gasteiger partial charge on any atom is -0.478 e. The molecular formula is C12H11NO2. The van der Waals surface area contributed by atoms with Crippen molar-refractivity contribution in [2.75, 3.05) is 0 Å². The first kappa shape index (κ1) is 9.52. The first-order valence-corrected chi connectivity index (χ1v) is 4.63. The van der Waals surface area contributed by atoms with E-state index >= 15 is 0 Å². The minimum absolute atomic E-state index is 0.191. The normalized spacial score (nSPS) is 10.4. The Morgan fingerprint density at radius 3 is 2.80 bits per heavy atom. The number of aliphatic carboxylic acids is 1. The lowest BCUT2D eigenvalue weighted by Crippen LogP contribution is -2.07. The van der Waals surface area contributed by atoms with Gasteiger partial charge in [0.1, 0.15) is 0 Å². The third kappa shape index (κ3) is 1.76. The molecule has 2 rings (SSSR count). The lowest BCUT2D eigenvalue weighted by atomic mass is 10.2. The van der Waals surface area contributed by atoms with Gasteiger partial charge in [-0.3, -0.25) is 0 Å². The molecule has 1 N–H and O–H groups in total. The summed E-state index contributed by atoms with van der Waals surface area (Å²) in [4.78, 5) is 10.6. The second-order valence-electron chi connectivity index (χ2n) is 3.41. The fraction of sp³-hybridized carbons (Fsp3) is 0.0833. The lowest BCUT2D eigenvalue weighted by molar-refractivity contribution is -0.132. The summed E-state index contributed by atoms with van der Waals surface area (Å²) in [6, 6.07) is 9.81. The monoisotopic (exact) mass is 201 g/mol. The Bertz CT molecular complexity index is 525. The maximum atomic E-state index is 10.6. The number of para-hydroxylation sites is 1. The average molecular weight is 201 g/mol. The van der Waals surface area contributed by atoms with Gasteiger partial charge in [-0.2, -0.15) is 0 Å². The largest absolute Gasteiger partial charge is 0.478 e. The Kier molecular flexibility index (Phi) is 2.29. The standard InChI is InChI=1S/C12H11NO2/c1-9(12(14)15)8-13-7-6-10-4-2-3-5-11(10)13/h2-7H,1,8H2,(H,14,15). The van der Waals surface area contributed by atoms with Crippen LogP contribution >= 0.6 is 0 Å². The van der Waals surface area contributed by atoms with Crippen LogP contribution in [-0.4, -0.2) is 15.6 Å². The van der Waals surface area contributed by atoms with E-state index in [9.17, 15) is 4.79 Å². The number of rotatable bonds is 3. The summed E-state index contributed by atoms with van der Waals surface area (Å²) >= 11 is 0. The zero-order valence-corrected chi connectivity index (χ0v) is 8.18. The van der Waals surface area contributed by atoms with E-state index in [4.69, 9.17) is 5.11 Å². The highest BCUT2D eigenvalue weighted by molar-refractivity contribution is 5.86. The number of hydrogen-bond acceptors (Lipinski definition) is 1. The summed E-state index contributed by atoms with van der Waals surface area (Å²) in [6.07, 6.45) is 1.87. The van der Waals surface area contributed by atoms with Crippen molar-refractivity contribution in [3.05, 3.63) is 48.7 Å². The molecule has 1 heterocycles. The molecule has 0 amide bonds. The predicted molar refractivity (Wildman–Crippen MR) is 58.7 cm³/mol. The lowest BCUT2D eigenvalue weighted by Gasteiger charge is -2.04. The molecule has 0 fully saturated rings. The molecule has 76 valence electrons. The number of fused-ring (bicyclic) bond motifs is 1. The molecule has 0 aliphatic heterocycles. The topological polar surface area (TPSA) is 42.2 Å². The van der Waals surface area contributed by atoms with E-state index in [0.717, 1.165) is 10.9 Å². The van der Waals surface area contributed by atoms with E-state index in [-0.39, 0.29) is 5.57 Å². The van der Waals surface area contributed by atoms with Gasteiger partial charge in [0.25, 0.3) is 0 Å². The molecule has 3 heteroatoms. The molecule has 0 spiro atoms. The Hall–Kier alpha value is -2.03. The van der Waals surface area contributed by atoms with E-state index in [1.165, 1.54) is 0 Å². The van der Waals surface area contributed by atoms with Gasteiger partial charge in [0.15, 0.2) is 0 Å². The summed E-state index contributed by atoms with van der Waals surface area (Å²) in [5.74, 6) is -0.951. The van der Waals surface area contributed by atoms with Gasteiger partial charge in [0.05, 0.1) is 6.54 Å². The highest BCUT2D eigenvalue weighted by Gasteiger charge is 2.06. The van der Waals surface area contributed by atoms with Crippen LogP contribution in [0, 0.1) is 0 Å². The number of nitrogens with zero attached hydrogens (tertiary/aromatic N) is 1. The van der Waals surface area contributed by atoms with Gasteiger partial charge in [-0.1, -0.05) is 24.8 Å². The van der Waals surface area contributed by atoms with Crippen LogP contribution in [0.15, 0.2) is 48.7 Å². The van der Waals surface area contributed by atoms with E-state index < -0.39 is 5.97 Å². The molecule has 0 bridgehead atoms. The second-order valence-corrected chi connectivity index (χ2v) is 3.41. The molecule has 0 saturated carbocycles. The van der Waals surface area contributed by atoms with Gasteiger partial charge in [0.2, 0.25) is 0 Å². The Morgan fingerprint density at radius 1 is 1.33 bits per heavy atom. The van der Waals surface area contributed by atoms with E-state index in [1.54, 1.807) is 0 Å². The van der Waals surface area contributed by atoms with Gasteiger partial charge in [-0.25, -0.2) is 4.79 Å². The second kappa shape index (κ2) is 3.61. The molecule has 0 unspecified atom stereocenters. The third-order valence-corrected chi connectivity index (χ3v) is 2.34. The number of benzene rings is 1. The van der Waals surface area contributed by atoms with Crippen LogP contribution in [0.4, 0.5) is 0 Å². The van der Waals surface area contributed by atoms with Gasteiger partial charge in [-0.05, 0) is 17.5 Å². The van der Waals surface area contributed by atoms with Crippen molar-refractivity contribution in [3.63, 3.8) is 0 Å².